The van der Waals surface area contributed by atoms with Crippen LogP contribution in [0.25, 0.3) is 0 Å². The van der Waals surface area contributed by atoms with E-state index in [1.165, 1.54) is 17.7 Å². The van der Waals surface area contributed by atoms with Gasteiger partial charge in [0.05, 0.1) is 0 Å². The van der Waals surface area contributed by atoms with Crippen molar-refractivity contribution in [1.82, 2.24) is 0 Å². The Kier molecular flexibility index (Phi) is 4.70. The third kappa shape index (κ3) is 3.41. The minimum atomic E-state index is -0.540. The van der Waals surface area contributed by atoms with Gasteiger partial charge in [0.25, 0.3) is 0 Å². The van der Waals surface area contributed by atoms with Gasteiger partial charge in [-0.2, -0.15) is 0 Å². The van der Waals surface area contributed by atoms with E-state index in [-0.39, 0.29) is 4.83 Å². The van der Waals surface area contributed by atoms with E-state index in [1.54, 1.807) is 0 Å². The van der Waals surface area contributed by atoms with Crippen molar-refractivity contribution in [2.75, 3.05) is 0 Å². The molecule has 3 heteroatoms. The van der Waals surface area contributed by atoms with Crippen molar-refractivity contribution < 1.29 is 8.78 Å². The minimum absolute atomic E-state index is 0.0311. The first-order valence-corrected chi connectivity index (χ1v) is 7.19. The van der Waals surface area contributed by atoms with Crippen LogP contribution in [0.4, 0.5) is 8.78 Å². The first-order chi connectivity index (χ1) is 9.11. The standard InChI is InChI=1S/C16H15BrF2/c1-2-11-5-3-4-6-14(11)15(17)9-12-7-8-13(18)10-16(12)19/h3-8,10,15H,2,9H2,1H3. The number of alkyl halides is 1. The van der Waals surface area contributed by atoms with Crippen LogP contribution in [0.3, 0.4) is 0 Å². The fourth-order valence-electron chi connectivity index (χ4n) is 2.15. The van der Waals surface area contributed by atoms with E-state index >= 15 is 0 Å². The second-order valence-electron chi connectivity index (χ2n) is 4.46. The lowest BCUT2D eigenvalue weighted by Crippen LogP contribution is -2.01. The zero-order valence-corrected chi connectivity index (χ0v) is 12.3. The van der Waals surface area contributed by atoms with E-state index in [0.717, 1.165) is 18.1 Å². The van der Waals surface area contributed by atoms with Gasteiger partial charge in [-0.1, -0.05) is 53.2 Å². The predicted molar refractivity (Wildman–Crippen MR) is 77.6 cm³/mol. The lowest BCUT2D eigenvalue weighted by atomic mass is 9.98. The number of benzene rings is 2. The first kappa shape index (κ1) is 14.2. The average molecular weight is 325 g/mol. The molecule has 0 N–H and O–H groups in total. The SMILES string of the molecule is CCc1ccccc1C(Br)Cc1ccc(F)cc1F. The summed E-state index contributed by atoms with van der Waals surface area (Å²) in [7, 11) is 0. The van der Waals surface area contributed by atoms with E-state index in [2.05, 4.69) is 28.9 Å². The van der Waals surface area contributed by atoms with Crippen LogP contribution < -0.4 is 0 Å². The molecule has 0 amide bonds. The molecular formula is C16H15BrF2. The Morgan fingerprint density at radius 1 is 1.05 bits per heavy atom. The molecule has 0 aromatic heterocycles. The smallest absolute Gasteiger partial charge is 0.129 e. The zero-order valence-electron chi connectivity index (χ0n) is 10.7. The summed E-state index contributed by atoms with van der Waals surface area (Å²) in [4.78, 5) is 0.0311. The maximum Gasteiger partial charge on any atom is 0.129 e. The Morgan fingerprint density at radius 2 is 1.79 bits per heavy atom. The molecule has 1 atom stereocenters. The summed E-state index contributed by atoms with van der Waals surface area (Å²) in [5.74, 6) is -1.03. The van der Waals surface area contributed by atoms with Gasteiger partial charge in [-0.05, 0) is 35.6 Å². The average Bonchev–Trinajstić information content (AvgIpc) is 2.41. The molecule has 2 rings (SSSR count). The molecule has 2 aromatic carbocycles. The largest absolute Gasteiger partial charge is 0.207 e. The fraction of sp³-hybridized carbons (Fsp3) is 0.250. The van der Waals surface area contributed by atoms with Gasteiger partial charge in [0.1, 0.15) is 11.6 Å². The number of hydrogen-bond donors (Lipinski definition) is 0. The minimum Gasteiger partial charge on any atom is -0.207 e. The van der Waals surface area contributed by atoms with Crippen LogP contribution in [0.1, 0.15) is 28.4 Å². The second-order valence-corrected chi connectivity index (χ2v) is 5.57. The highest BCUT2D eigenvalue weighted by atomic mass is 79.9. The van der Waals surface area contributed by atoms with E-state index < -0.39 is 11.6 Å². The molecule has 0 heterocycles. The monoisotopic (exact) mass is 324 g/mol. The van der Waals surface area contributed by atoms with Crippen molar-refractivity contribution in [3.8, 4) is 0 Å². The quantitative estimate of drug-likeness (QED) is 0.677. The maximum absolute atomic E-state index is 13.6. The number of hydrogen-bond acceptors (Lipinski definition) is 0. The summed E-state index contributed by atoms with van der Waals surface area (Å²) in [6.45, 7) is 2.09. The molecule has 0 bridgehead atoms. The highest BCUT2D eigenvalue weighted by Crippen LogP contribution is 2.30. The van der Waals surface area contributed by atoms with Crippen molar-refractivity contribution in [2.45, 2.75) is 24.6 Å². The van der Waals surface area contributed by atoms with Crippen molar-refractivity contribution in [3.63, 3.8) is 0 Å². The summed E-state index contributed by atoms with van der Waals surface area (Å²) in [6, 6.07) is 11.8. The normalized spacial score (nSPS) is 12.4. The summed E-state index contributed by atoms with van der Waals surface area (Å²) in [5.41, 5.74) is 2.93. The second kappa shape index (κ2) is 6.29. The summed E-state index contributed by atoms with van der Waals surface area (Å²) >= 11 is 3.61. The highest BCUT2D eigenvalue weighted by molar-refractivity contribution is 9.09. The summed E-state index contributed by atoms with van der Waals surface area (Å²) < 4.78 is 26.5. The molecule has 0 saturated heterocycles. The highest BCUT2D eigenvalue weighted by Gasteiger charge is 2.14. The number of halogens is 3. The van der Waals surface area contributed by atoms with Gasteiger partial charge in [-0.15, -0.1) is 0 Å². The van der Waals surface area contributed by atoms with E-state index in [1.807, 2.05) is 18.2 Å². The summed E-state index contributed by atoms with van der Waals surface area (Å²) in [5, 5.41) is 0. The van der Waals surface area contributed by atoms with Gasteiger partial charge in [-0.25, -0.2) is 8.78 Å². The molecule has 19 heavy (non-hydrogen) atoms. The van der Waals surface area contributed by atoms with Crippen LogP contribution in [0.2, 0.25) is 0 Å². The molecule has 0 aliphatic rings. The third-order valence-corrected chi connectivity index (χ3v) is 4.00. The van der Waals surface area contributed by atoms with Crippen LogP contribution in [0.5, 0.6) is 0 Å². The number of rotatable bonds is 4. The van der Waals surface area contributed by atoms with Crippen molar-refractivity contribution in [3.05, 3.63) is 70.8 Å². The van der Waals surface area contributed by atoms with E-state index in [0.29, 0.717) is 12.0 Å². The molecule has 0 nitrogen and oxygen atoms in total. The lowest BCUT2D eigenvalue weighted by Gasteiger charge is -2.14. The van der Waals surface area contributed by atoms with E-state index in [9.17, 15) is 8.78 Å². The Labute approximate surface area is 120 Å². The van der Waals surface area contributed by atoms with Gasteiger partial charge in [0.15, 0.2) is 0 Å². The Hall–Kier alpha value is -1.22. The Balaban J connectivity index is 2.23. The Bertz CT molecular complexity index is 566. The van der Waals surface area contributed by atoms with Gasteiger partial charge in [0.2, 0.25) is 0 Å². The molecule has 1 unspecified atom stereocenters. The molecule has 0 saturated carbocycles. The maximum atomic E-state index is 13.6. The molecular weight excluding hydrogens is 310 g/mol. The molecule has 2 aromatic rings. The van der Waals surface area contributed by atoms with Crippen LogP contribution in [0, 0.1) is 11.6 Å². The van der Waals surface area contributed by atoms with Gasteiger partial charge < -0.3 is 0 Å². The van der Waals surface area contributed by atoms with Gasteiger partial charge in [-0.3, -0.25) is 0 Å². The van der Waals surface area contributed by atoms with Crippen LogP contribution in [-0.2, 0) is 12.8 Å². The van der Waals surface area contributed by atoms with Gasteiger partial charge in [0, 0.05) is 10.9 Å². The molecule has 0 spiro atoms. The Morgan fingerprint density at radius 3 is 2.47 bits per heavy atom. The summed E-state index contributed by atoms with van der Waals surface area (Å²) in [6.07, 6.45) is 1.44. The van der Waals surface area contributed by atoms with E-state index in [4.69, 9.17) is 0 Å². The topological polar surface area (TPSA) is 0 Å². The third-order valence-electron chi connectivity index (χ3n) is 3.19. The fourth-order valence-corrected chi connectivity index (χ4v) is 2.95. The zero-order chi connectivity index (χ0) is 13.8. The van der Waals surface area contributed by atoms with Crippen LogP contribution >= 0.6 is 15.9 Å². The molecule has 100 valence electrons. The lowest BCUT2D eigenvalue weighted by molar-refractivity contribution is 0.571. The van der Waals surface area contributed by atoms with Crippen molar-refractivity contribution in [1.29, 1.82) is 0 Å². The number of aryl methyl sites for hydroxylation is 1. The first-order valence-electron chi connectivity index (χ1n) is 6.27. The molecule has 0 fully saturated rings. The molecule has 0 radical (unpaired) electrons. The van der Waals surface area contributed by atoms with Crippen molar-refractivity contribution in [2.24, 2.45) is 0 Å². The predicted octanol–water partition coefficient (Wildman–Crippen LogP) is 5.21. The van der Waals surface area contributed by atoms with Gasteiger partial charge >= 0.3 is 0 Å². The molecule has 0 aliphatic heterocycles. The molecule has 0 aliphatic carbocycles. The van der Waals surface area contributed by atoms with Crippen molar-refractivity contribution >= 4 is 15.9 Å². The van der Waals surface area contributed by atoms with Crippen LogP contribution in [-0.4, -0.2) is 0 Å². The van der Waals surface area contributed by atoms with Crippen LogP contribution in [0.15, 0.2) is 42.5 Å².